The molecular formula is C19H20N2O4S. The molecule has 7 heteroatoms. The van der Waals surface area contributed by atoms with Crippen molar-refractivity contribution in [3.63, 3.8) is 0 Å². The predicted molar refractivity (Wildman–Crippen MR) is 97.2 cm³/mol. The minimum atomic E-state index is -1.19. The zero-order valence-corrected chi connectivity index (χ0v) is 15.7. The lowest BCUT2D eigenvalue weighted by atomic mass is 9.78. The summed E-state index contributed by atoms with van der Waals surface area (Å²) in [4.78, 5) is 29.4. The van der Waals surface area contributed by atoms with E-state index in [-0.39, 0.29) is 12.5 Å². The van der Waals surface area contributed by atoms with Gasteiger partial charge in [-0.15, -0.1) is 11.3 Å². The predicted octanol–water partition coefficient (Wildman–Crippen LogP) is 3.68. The molecule has 0 saturated carbocycles. The van der Waals surface area contributed by atoms with E-state index >= 15 is 0 Å². The Bertz CT molecular complexity index is 878. The zero-order chi connectivity index (χ0) is 18.5. The Morgan fingerprint density at radius 3 is 2.62 bits per heavy atom. The molecule has 4 rings (SSSR count). The lowest BCUT2D eigenvalue weighted by Gasteiger charge is -2.20. The highest BCUT2D eigenvalue weighted by atomic mass is 32.1. The Morgan fingerprint density at radius 2 is 1.96 bits per heavy atom. The molecule has 0 radical (unpaired) electrons. The molecule has 2 fully saturated rings. The molecule has 0 aliphatic carbocycles. The number of aryl methyl sites for hydroxylation is 1. The lowest BCUT2D eigenvalue weighted by molar-refractivity contribution is -0.160. The van der Waals surface area contributed by atoms with E-state index in [1.54, 1.807) is 13.8 Å². The van der Waals surface area contributed by atoms with Crippen LogP contribution in [0.5, 0.6) is 0 Å². The standard InChI is InChI=1S/C19H20N2O4S/c1-11-4-6-13(7-5-11)20-17-21-14(9-26-17)18(3)10-19(16(23)25-18)8-12(2)24-15(19)22/h4-7,9,12H,8,10H2,1-3H3,(H,20,21)/t12-,18+,19-/m0/s1. The summed E-state index contributed by atoms with van der Waals surface area (Å²) in [6.07, 6.45) is 0.348. The minimum absolute atomic E-state index is 0.260. The highest BCUT2D eigenvalue weighted by molar-refractivity contribution is 7.13. The normalized spacial score (nSPS) is 30.5. The lowest BCUT2D eigenvalue weighted by Crippen LogP contribution is -2.31. The first-order chi connectivity index (χ1) is 12.3. The van der Waals surface area contributed by atoms with Gasteiger partial charge in [-0.2, -0.15) is 0 Å². The van der Waals surface area contributed by atoms with Crippen molar-refractivity contribution in [2.45, 2.75) is 45.3 Å². The van der Waals surface area contributed by atoms with E-state index in [2.05, 4.69) is 10.3 Å². The quantitative estimate of drug-likeness (QED) is 0.654. The van der Waals surface area contributed by atoms with E-state index in [0.717, 1.165) is 5.69 Å². The van der Waals surface area contributed by atoms with Crippen molar-refractivity contribution >= 4 is 34.1 Å². The van der Waals surface area contributed by atoms with Gasteiger partial charge in [-0.1, -0.05) is 17.7 Å². The van der Waals surface area contributed by atoms with E-state index in [9.17, 15) is 9.59 Å². The number of rotatable bonds is 3. The number of aromatic nitrogens is 1. The maximum Gasteiger partial charge on any atom is 0.324 e. The molecule has 2 aliphatic heterocycles. The zero-order valence-electron chi connectivity index (χ0n) is 14.9. The fourth-order valence-corrected chi connectivity index (χ4v) is 4.54. The molecule has 0 unspecified atom stereocenters. The van der Waals surface area contributed by atoms with Gasteiger partial charge in [0.15, 0.2) is 16.1 Å². The van der Waals surface area contributed by atoms with Crippen LogP contribution in [0.1, 0.15) is 37.9 Å². The third-order valence-electron chi connectivity index (χ3n) is 5.03. The second-order valence-corrected chi connectivity index (χ2v) is 8.19. The summed E-state index contributed by atoms with van der Waals surface area (Å²) in [5.74, 6) is -0.984. The molecule has 6 nitrogen and oxygen atoms in total. The second kappa shape index (κ2) is 5.81. The Morgan fingerprint density at radius 1 is 1.23 bits per heavy atom. The number of carbonyl (C=O) groups is 2. The topological polar surface area (TPSA) is 77.5 Å². The van der Waals surface area contributed by atoms with E-state index in [0.29, 0.717) is 17.2 Å². The molecular weight excluding hydrogens is 352 g/mol. The van der Waals surface area contributed by atoms with Crippen LogP contribution in [0, 0.1) is 12.3 Å². The Balaban J connectivity index is 1.56. The molecule has 26 heavy (non-hydrogen) atoms. The van der Waals surface area contributed by atoms with Crippen molar-refractivity contribution in [2.75, 3.05) is 5.32 Å². The van der Waals surface area contributed by atoms with Crippen LogP contribution in [-0.2, 0) is 24.7 Å². The van der Waals surface area contributed by atoms with Gasteiger partial charge >= 0.3 is 11.9 Å². The number of carbonyl (C=O) groups excluding carboxylic acids is 2. The number of cyclic esters (lactones) is 2. The monoisotopic (exact) mass is 372 g/mol. The van der Waals surface area contributed by atoms with Gasteiger partial charge in [0.1, 0.15) is 6.10 Å². The molecule has 3 atom stereocenters. The molecule has 1 aromatic heterocycles. The number of hydrogen-bond acceptors (Lipinski definition) is 7. The molecule has 0 bridgehead atoms. The largest absolute Gasteiger partial charge is 0.462 e. The van der Waals surface area contributed by atoms with Gasteiger partial charge in [0.25, 0.3) is 0 Å². The summed E-state index contributed by atoms with van der Waals surface area (Å²) in [6.45, 7) is 5.63. The summed E-state index contributed by atoms with van der Waals surface area (Å²) in [7, 11) is 0. The third-order valence-corrected chi connectivity index (χ3v) is 5.79. The second-order valence-electron chi connectivity index (χ2n) is 7.33. The van der Waals surface area contributed by atoms with Gasteiger partial charge in [-0.3, -0.25) is 9.59 Å². The molecule has 1 N–H and O–H groups in total. The third kappa shape index (κ3) is 2.67. The van der Waals surface area contributed by atoms with Crippen LogP contribution in [0.25, 0.3) is 0 Å². The molecule has 0 amide bonds. The fourth-order valence-electron chi connectivity index (χ4n) is 3.69. The van der Waals surface area contributed by atoms with Crippen molar-refractivity contribution in [1.82, 2.24) is 4.98 Å². The van der Waals surface area contributed by atoms with Crippen LogP contribution in [0.3, 0.4) is 0 Å². The van der Waals surface area contributed by atoms with Crippen molar-refractivity contribution < 1.29 is 19.1 Å². The highest BCUT2D eigenvalue weighted by Crippen LogP contribution is 2.52. The summed E-state index contributed by atoms with van der Waals surface area (Å²) in [6, 6.07) is 8.01. The van der Waals surface area contributed by atoms with Crippen LogP contribution in [0.15, 0.2) is 29.6 Å². The van der Waals surface area contributed by atoms with Crippen LogP contribution < -0.4 is 5.32 Å². The smallest absolute Gasteiger partial charge is 0.324 e. The van der Waals surface area contributed by atoms with Crippen molar-refractivity contribution in [3.8, 4) is 0 Å². The van der Waals surface area contributed by atoms with E-state index in [1.165, 1.54) is 16.9 Å². The number of nitrogens with one attached hydrogen (secondary N) is 1. The summed E-state index contributed by atoms with van der Waals surface area (Å²) in [5.41, 5.74) is 0.653. The van der Waals surface area contributed by atoms with Gasteiger partial charge in [-0.25, -0.2) is 4.98 Å². The Kier molecular flexibility index (Phi) is 3.80. The van der Waals surface area contributed by atoms with Gasteiger partial charge < -0.3 is 14.8 Å². The number of esters is 2. The molecule has 2 aliphatic rings. The molecule has 1 spiro atoms. The Hall–Kier alpha value is -2.41. The van der Waals surface area contributed by atoms with Gasteiger partial charge in [0.05, 0.1) is 5.69 Å². The molecule has 136 valence electrons. The first-order valence-electron chi connectivity index (χ1n) is 8.55. The first kappa shape index (κ1) is 17.0. The maximum absolute atomic E-state index is 12.5. The van der Waals surface area contributed by atoms with Crippen LogP contribution >= 0.6 is 11.3 Å². The van der Waals surface area contributed by atoms with Gasteiger partial charge in [-0.05, 0) is 32.9 Å². The van der Waals surface area contributed by atoms with Crippen molar-refractivity contribution in [2.24, 2.45) is 5.41 Å². The van der Waals surface area contributed by atoms with Crippen LogP contribution in [-0.4, -0.2) is 23.0 Å². The van der Waals surface area contributed by atoms with Gasteiger partial charge in [0.2, 0.25) is 0 Å². The average Bonchev–Trinajstić information content (AvgIpc) is 3.22. The number of nitrogens with zero attached hydrogens (tertiary/aromatic N) is 1. The number of anilines is 2. The van der Waals surface area contributed by atoms with Crippen LogP contribution in [0.4, 0.5) is 10.8 Å². The number of ether oxygens (including phenoxy) is 2. The van der Waals surface area contributed by atoms with E-state index < -0.39 is 23.0 Å². The van der Waals surface area contributed by atoms with Crippen molar-refractivity contribution in [3.05, 3.63) is 40.9 Å². The fraction of sp³-hybridized carbons (Fsp3) is 0.421. The summed E-state index contributed by atoms with van der Waals surface area (Å²) >= 11 is 1.44. The van der Waals surface area contributed by atoms with Gasteiger partial charge in [0, 0.05) is 23.9 Å². The van der Waals surface area contributed by atoms with Crippen molar-refractivity contribution in [1.29, 1.82) is 0 Å². The van der Waals surface area contributed by atoms with E-state index in [4.69, 9.17) is 9.47 Å². The van der Waals surface area contributed by atoms with E-state index in [1.807, 2.05) is 36.6 Å². The first-order valence-corrected chi connectivity index (χ1v) is 9.43. The number of hydrogen-bond donors (Lipinski definition) is 1. The Labute approximate surface area is 155 Å². The number of benzene rings is 1. The average molecular weight is 372 g/mol. The molecule has 3 heterocycles. The molecule has 2 aromatic rings. The molecule has 2 saturated heterocycles. The highest BCUT2D eigenvalue weighted by Gasteiger charge is 2.65. The minimum Gasteiger partial charge on any atom is -0.462 e. The molecule has 1 aromatic carbocycles. The number of thiazole rings is 1. The van der Waals surface area contributed by atoms with Crippen LogP contribution in [0.2, 0.25) is 0 Å². The summed E-state index contributed by atoms with van der Waals surface area (Å²) in [5, 5.41) is 5.84. The maximum atomic E-state index is 12.5. The summed E-state index contributed by atoms with van der Waals surface area (Å²) < 4.78 is 10.9. The SMILES string of the molecule is Cc1ccc(Nc2nc([C@@]3(C)C[C@]4(C[C@H](C)OC4=O)C(=O)O3)cs2)cc1.